The number of Topliss-reactive ketones (excluding diaryl/α,β-unsaturated/α-hetero) is 1. The average Bonchev–Trinajstić information content (AvgIpc) is 2.77. The molecule has 0 aromatic heterocycles. The molecule has 1 unspecified atom stereocenters. The van der Waals surface area contributed by atoms with E-state index in [1.54, 1.807) is 0 Å². The number of fused-ring (bicyclic) bond motifs is 1. The van der Waals surface area contributed by atoms with E-state index in [0.29, 0.717) is 19.1 Å². The molecule has 6 nitrogen and oxygen atoms in total. The number of carboxylic acids is 1. The van der Waals surface area contributed by atoms with Crippen molar-refractivity contribution < 1.29 is 27.9 Å². The summed E-state index contributed by atoms with van der Waals surface area (Å²) in [5.41, 5.74) is -0.667. The minimum absolute atomic E-state index is 0.00740. The molecular weight excluding hydrogens is 423 g/mol. The Kier molecular flexibility index (Phi) is 5.77. The molecule has 168 valence electrons. The summed E-state index contributed by atoms with van der Waals surface area (Å²) in [6.45, 7) is 2.57. The van der Waals surface area contributed by atoms with Gasteiger partial charge < -0.3 is 15.3 Å². The van der Waals surface area contributed by atoms with Crippen LogP contribution in [0, 0.1) is 30.3 Å². The molecule has 1 fully saturated rings. The first-order valence-corrected chi connectivity index (χ1v) is 10.3. The summed E-state index contributed by atoms with van der Waals surface area (Å²) in [4.78, 5) is 31.1. The highest BCUT2D eigenvalue weighted by Crippen LogP contribution is 2.39. The number of nitrogens with zero attached hydrogens (tertiary/aromatic N) is 2. The predicted molar refractivity (Wildman–Crippen MR) is 113 cm³/mol. The fourth-order valence-electron chi connectivity index (χ4n) is 4.40. The number of aliphatic carboxylic acids is 1. The second kappa shape index (κ2) is 8.38. The van der Waals surface area contributed by atoms with Crippen LogP contribution in [0.4, 0.5) is 24.5 Å². The molecule has 0 spiro atoms. The summed E-state index contributed by atoms with van der Waals surface area (Å²) in [7, 11) is 1.87. The number of carboxylic acid groups (broad SMARTS) is 1. The Morgan fingerprint density at radius 1 is 1.19 bits per heavy atom. The van der Waals surface area contributed by atoms with Crippen molar-refractivity contribution >= 4 is 28.8 Å². The van der Waals surface area contributed by atoms with Crippen molar-refractivity contribution in [3.8, 4) is 0 Å². The average molecular weight is 445 g/mol. The molecular formula is C23H22F3N3O3. The molecule has 2 aromatic carbocycles. The molecule has 1 atom stereocenters. The molecule has 4 rings (SSSR count). The first-order valence-electron chi connectivity index (χ1n) is 10.3. The highest BCUT2D eigenvalue weighted by molar-refractivity contribution is 6.32. The number of hydrogen-bond donors (Lipinski definition) is 2. The van der Waals surface area contributed by atoms with Gasteiger partial charge in [-0.2, -0.15) is 0 Å². The number of aliphatic imine (C=N–C) groups is 1. The number of anilines is 1. The lowest BCUT2D eigenvalue weighted by Gasteiger charge is -2.34. The Morgan fingerprint density at radius 3 is 2.50 bits per heavy atom. The van der Waals surface area contributed by atoms with Crippen LogP contribution in [0.2, 0.25) is 0 Å². The van der Waals surface area contributed by atoms with E-state index < -0.39 is 46.4 Å². The number of piperidine rings is 1. The van der Waals surface area contributed by atoms with Gasteiger partial charge in [-0.05, 0) is 56.6 Å². The second-order valence-electron chi connectivity index (χ2n) is 8.04. The normalized spacial score (nSPS) is 19.0. The smallest absolute Gasteiger partial charge is 0.320 e. The number of carbonyl (C=O) groups is 2. The molecule has 2 aliphatic heterocycles. The van der Waals surface area contributed by atoms with Gasteiger partial charge in [-0.1, -0.05) is 0 Å². The maximum Gasteiger partial charge on any atom is 0.320 e. The van der Waals surface area contributed by atoms with E-state index in [1.165, 1.54) is 13.0 Å². The number of ketones is 1. The van der Waals surface area contributed by atoms with E-state index in [4.69, 9.17) is 0 Å². The van der Waals surface area contributed by atoms with Crippen LogP contribution in [0.3, 0.4) is 0 Å². The lowest BCUT2D eigenvalue weighted by molar-refractivity contribution is -0.137. The Balaban J connectivity index is 1.87. The third-order valence-electron chi connectivity index (χ3n) is 6.18. The molecule has 2 aliphatic rings. The molecule has 0 aliphatic carbocycles. The zero-order chi connectivity index (χ0) is 23.2. The highest BCUT2D eigenvalue weighted by atomic mass is 19.1. The van der Waals surface area contributed by atoms with Gasteiger partial charge in [-0.3, -0.25) is 14.6 Å². The molecule has 0 saturated carbocycles. The molecule has 2 heterocycles. The largest absolute Gasteiger partial charge is 0.480 e. The van der Waals surface area contributed by atoms with Crippen LogP contribution in [0.25, 0.3) is 0 Å². The second-order valence-corrected chi connectivity index (χ2v) is 8.04. The lowest BCUT2D eigenvalue weighted by Crippen LogP contribution is -2.41. The summed E-state index contributed by atoms with van der Waals surface area (Å²) < 4.78 is 43.5. The van der Waals surface area contributed by atoms with Gasteiger partial charge in [0.1, 0.15) is 17.5 Å². The van der Waals surface area contributed by atoms with Gasteiger partial charge in [-0.15, -0.1) is 0 Å². The predicted octanol–water partition coefficient (Wildman–Crippen LogP) is 3.62. The topological polar surface area (TPSA) is 82.0 Å². The minimum atomic E-state index is -1.87. The lowest BCUT2D eigenvalue weighted by atomic mass is 9.83. The van der Waals surface area contributed by atoms with E-state index in [1.807, 2.05) is 11.9 Å². The quantitative estimate of drug-likeness (QED) is 0.703. The summed E-state index contributed by atoms with van der Waals surface area (Å²) in [6.07, 6.45) is 1.60. The summed E-state index contributed by atoms with van der Waals surface area (Å²) in [6, 6.07) is 4.26. The highest BCUT2D eigenvalue weighted by Gasteiger charge is 2.41. The molecule has 0 bridgehead atoms. The Bertz CT molecular complexity index is 1140. The molecule has 1 saturated heterocycles. The van der Waals surface area contributed by atoms with Crippen LogP contribution < -0.4 is 10.2 Å². The zero-order valence-electron chi connectivity index (χ0n) is 17.6. The van der Waals surface area contributed by atoms with Crippen molar-refractivity contribution in [2.75, 3.05) is 25.0 Å². The standard InChI is InChI=1S/C23H22F3N3O3/c1-11-18-16(10-17(20(11)26)29-7-5-13(27-2)6-8-29)28-21(19(22(18)30)23(31)32)14-9-12(24)3-4-15(14)25/h3-4,9-10,13,19,27H,5-8H2,1-2H3,(H,31,32). The van der Waals surface area contributed by atoms with E-state index in [-0.39, 0.29) is 22.5 Å². The van der Waals surface area contributed by atoms with Gasteiger partial charge in [-0.25, -0.2) is 13.2 Å². The molecule has 2 N–H and O–H groups in total. The van der Waals surface area contributed by atoms with Crippen molar-refractivity contribution in [2.24, 2.45) is 10.9 Å². The van der Waals surface area contributed by atoms with Gasteiger partial charge in [0, 0.05) is 24.7 Å². The maximum atomic E-state index is 15.3. The van der Waals surface area contributed by atoms with Crippen LogP contribution in [-0.4, -0.2) is 48.7 Å². The number of nitrogens with one attached hydrogen (secondary N) is 1. The van der Waals surface area contributed by atoms with Crippen LogP contribution in [0.15, 0.2) is 29.3 Å². The number of carbonyl (C=O) groups excluding carboxylic acids is 1. The maximum absolute atomic E-state index is 15.3. The Morgan fingerprint density at radius 2 is 1.88 bits per heavy atom. The first kappa shape index (κ1) is 22.0. The molecule has 0 radical (unpaired) electrons. The number of hydrogen-bond acceptors (Lipinski definition) is 5. The number of rotatable bonds is 4. The molecule has 9 heteroatoms. The SMILES string of the molecule is CNC1CCN(c2cc3c(c(C)c2F)C(=O)C(C(=O)O)C(c2cc(F)ccc2F)=N3)CC1. The van der Waals surface area contributed by atoms with Gasteiger partial charge in [0.2, 0.25) is 0 Å². The third-order valence-corrected chi connectivity index (χ3v) is 6.18. The zero-order valence-corrected chi connectivity index (χ0v) is 17.6. The van der Waals surface area contributed by atoms with E-state index in [2.05, 4.69) is 10.3 Å². The van der Waals surface area contributed by atoms with Crippen LogP contribution in [-0.2, 0) is 4.79 Å². The summed E-state index contributed by atoms with van der Waals surface area (Å²) in [5, 5.41) is 12.9. The van der Waals surface area contributed by atoms with Crippen LogP contribution in [0.1, 0.15) is 34.3 Å². The van der Waals surface area contributed by atoms with Gasteiger partial charge in [0.25, 0.3) is 0 Å². The van der Waals surface area contributed by atoms with Crippen molar-refractivity contribution in [2.45, 2.75) is 25.8 Å². The van der Waals surface area contributed by atoms with Crippen molar-refractivity contribution in [3.05, 3.63) is 58.4 Å². The Hall–Kier alpha value is -3.20. The summed E-state index contributed by atoms with van der Waals surface area (Å²) in [5.74, 6) is -6.65. The molecule has 2 aromatic rings. The molecule has 32 heavy (non-hydrogen) atoms. The summed E-state index contributed by atoms with van der Waals surface area (Å²) >= 11 is 0. The van der Waals surface area contributed by atoms with E-state index >= 15 is 4.39 Å². The fraction of sp³-hybridized carbons (Fsp3) is 0.348. The van der Waals surface area contributed by atoms with Gasteiger partial charge in [0.05, 0.1) is 22.6 Å². The minimum Gasteiger partial charge on any atom is -0.480 e. The fourth-order valence-corrected chi connectivity index (χ4v) is 4.40. The van der Waals surface area contributed by atoms with Crippen molar-refractivity contribution in [3.63, 3.8) is 0 Å². The van der Waals surface area contributed by atoms with Gasteiger partial charge >= 0.3 is 5.97 Å². The van der Waals surface area contributed by atoms with Gasteiger partial charge in [0.15, 0.2) is 11.7 Å². The van der Waals surface area contributed by atoms with E-state index in [9.17, 15) is 23.5 Å². The van der Waals surface area contributed by atoms with Crippen molar-refractivity contribution in [1.29, 1.82) is 0 Å². The number of benzene rings is 2. The Labute approximate surface area is 182 Å². The van der Waals surface area contributed by atoms with E-state index in [0.717, 1.165) is 31.0 Å². The third kappa shape index (κ3) is 3.66. The van der Waals surface area contributed by atoms with Crippen LogP contribution in [0.5, 0.6) is 0 Å². The van der Waals surface area contributed by atoms with Crippen molar-refractivity contribution in [1.82, 2.24) is 5.32 Å². The monoisotopic (exact) mass is 445 g/mol. The molecule has 0 amide bonds. The van der Waals surface area contributed by atoms with Crippen LogP contribution >= 0.6 is 0 Å². The first-order chi connectivity index (χ1) is 15.2. The number of halogens is 3.